The third-order valence-electron chi connectivity index (χ3n) is 0.547. The van der Waals surface area contributed by atoms with Gasteiger partial charge in [-0.25, -0.2) is 0 Å². The summed E-state index contributed by atoms with van der Waals surface area (Å²) in [7, 11) is 0. The van der Waals surface area contributed by atoms with Crippen LogP contribution in [-0.2, 0) is 4.79 Å². The van der Waals surface area contributed by atoms with Gasteiger partial charge in [-0.1, -0.05) is 13.3 Å². The molecule has 0 amide bonds. The SMILES string of the molecule is CC(=O)O.CCCC(O)O. The van der Waals surface area contributed by atoms with Crippen molar-refractivity contribution in [3.63, 3.8) is 0 Å². The van der Waals surface area contributed by atoms with Crippen molar-refractivity contribution >= 4 is 5.97 Å². The van der Waals surface area contributed by atoms with Crippen LogP contribution in [0.2, 0.25) is 0 Å². The summed E-state index contributed by atoms with van der Waals surface area (Å²) in [6.45, 7) is 2.99. The van der Waals surface area contributed by atoms with Crippen LogP contribution in [0.1, 0.15) is 26.7 Å². The zero-order valence-electron chi connectivity index (χ0n) is 6.24. The number of aliphatic hydroxyl groups excluding tert-OH is 1. The van der Waals surface area contributed by atoms with E-state index >= 15 is 0 Å². The van der Waals surface area contributed by atoms with Crippen LogP contribution in [0.15, 0.2) is 0 Å². The van der Waals surface area contributed by atoms with E-state index in [1.807, 2.05) is 6.92 Å². The lowest BCUT2D eigenvalue weighted by molar-refractivity contribution is -0.134. The van der Waals surface area contributed by atoms with E-state index in [1.54, 1.807) is 0 Å². The Morgan fingerprint density at radius 2 is 1.80 bits per heavy atom. The standard InChI is InChI=1S/C4H10O2.C2H4O2/c1-2-3-4(5)6;1-2(3)4/h4-6H,2-3H2,1H3;1H3,(H,3,4). The molecule has 0 bridgehead atoms. The fraction of sp³-hybridized carbons (Fsp3) is 0.833. The van der Waals surface area contributed by atoms with Crippen LogP contribution < -0.4 is 0 Å². The molecule has 0 aliphatic heterocycles. The third kappa shape index (κ3) is 52.8. The van der Waals surface area contributed by atoms with E-state index in [0.29, 0.717) is 6.42 Å². The monoisotopic (exact) mass is 150 g/mol. The van der Waals surface area contributed by atoms with Gasteiger partial charge in [-0.2, -0.15) is 0 Å². The van der Waals surface area contributed by atoms with Gasteiger partial charge in [0.05, 0.1) is 0 Å². The van der Waals surface area contributed by atoms with Gasteiger partial charge in [0.2, 0.25) is 0 Å². The van der Waals surface area contributed by atoms with Gasteiger partial charge in [0.1, 0.15) is 0 Å². The Morgan fingerprint density at radius 3 is 1.80 bits per heavy atom. The zero-order valence-corrected chi connectivity index (χ0v) is 6.24. The number of carboxylic acids is 1. The van der Waals surface area contributed by atoms with E-state index in [9.17, 15) is 0 Å². The molecule has 0 aliphatic carbocycles. The van der Waals surface area contributed by atoms with Gasteiger partial charge in [-0.3, -0.25) is 4.79 Å². The number of hydrogen-bond donors (Lipinski definition) is 3. The molecule has 0 rings (SSSR count). The average molecular weight is 150 g/mol. The minimum atomic E-state index is -1.10. The van der Waals surface area contributed by atoms with E-state index in [2.05, 4.69) is 0 Å². The molecule has 0 radical (unpaired) electrons. The maximum atomic E-state index is 9.00. The number of aliphatic carboxylic acids is 1. The molecule has 0 aliphatic rings. The summed E-state index contributed by atoms with van der Waals surface area (Å²) < 4.78 is 0. The Morgan fingerprint density at radius 1 is 1.50 bits per heavy atom. The van der Waals surface area contributed by atoms with Crippen LogP contribution >= 0.6 is 0 Å². The summed E-state index contributed by atoms with van der Waals surface area (Å²) in [5.74, 6) is -0.833. The van der Waals surface area contributed by atoms with E-state index in [0.717, 1.165) is 13.3 Å². The molecule has 0 atom stereocenters. The highest BCUT2D eigenvalue weighted by molar-refractivity contribution is 5.62. The maximum absolute atomic E-state index is 9.00. The van der Waals surface area contributed by atoms with Crippen molar-refractivity contribution in [2.45, 2.75) is 33.0 Å². The molecule has 0 aromatic rings. The minimum Gasteiger partial charge on any atom is -0.481 e. The lowest BCUT2D eigenvalue weighted by Crippen LogP contribution is -2.01. The maximum Gasteiger partial charge on any atom is 0.300 e. The molecular weight excluding hydrogens is 136 g/mol. The van der Waals surface area contributed by atoms with Gasteiger partial charge in [0.25, 0.3) is 5.97 Å². The number of carbonyl (C=O) groups is 1. The van der Waals surface area contributed by atoms with E-state index < -0.39 is 12.3 Å². The van der Waals surface area contributed by atoms with Crippen LogP contribution in [-0.4, -0.2) is 27.6 Å². The van der Waals surface area contributed by atoms with Crippen molar-refractivity contribution in [3.05, 3.63) is 0 Å². The van der Waals surface area contributed by atoms with E-state index in [4.69, 9.17) is 20.1 Å². The summed E-state index contributed by atoms with van der Waals surface area (Å²) in [5.41, 5.74) is 0. The summed E-state index contributed by atoms with van der Waals surface area (Å²) >= 11 is 0. The number of carboxylic acid groups (broad SMARTS) is 1. The number of aliphatic hydroxyl groups is 2. The zero-order chi connectivity index (χ0) is 8.57. The smallest absolute Gasteiger partial charge is 0.300 e. The van der Waals surface area contributed by atoms with Gasteiger partial charge >= 0.3 is 0 Å². The van der Waals surface area contributed by atoms with Crippen molar-refractivity contribution in [1.29, 1.82) is 0 Å². The van der Waals surface area contributed by atoms with Crippen molar-refractivity contribution in [2.24, 2.45) is 0 Å². The molecule has 10 heavy (non-hydrogen) atoms. The first kappa shape index (κ1) is 12.1. The molecule has 0 saturated carbocycles. The van der Waals surface area contributed by atoms with Crippen LogP contribution in [0.5, 0.6) is 0 Å². The quantitative estimate of drug-likeness (QED) is 0.491. The molecular formula is C6H14O4. The molecule has 0 aromatic heterocycles. The second-order valence-corrected chi connectivity index (χ2v) is 1.79. The topological polar surface area (TPSA) is 77.8 Å². The summed E-state index contributed by atoms with van der Waals surface area (Å²) in [5, 5.41) is 23.6. The first-order valence-electron chi connectivity index (χ1n) is 3.06. The van der Waals surface area contributed by atoms with Gasteiger partial charge in [0, 0.05) is 6.92 Å². The van der Waals surface area contributed by atoms with Crippen LogP contribution in [0, 0.1) is 0 Å². The Bertz CT molecular complexity index is 75.8. The lowest BCUT2D eigenvalue weighted by atomic mass is 10.3. The molecule has 0 heterocycles. The van der Waals surface area contributed by atoms with E-state index in [-0.39, 0.29) is 0 Å². The van der Waals surface area contributed by atoms with Crippen molar-refractivity contribution in [3.8, 4) is 0 Å². The largest absolute Gasteiger partial charge is 0.481 e. The highest BCUT2D eigenvalue weighted by Crippen LogP contribution is 1.88. The van der Waals surface area contributed by atoms with Crippen molar-refractivity contribution in [2.75, 3.05) is 0 Å². The number of rotatable bonds is 2. The molecule has 0 aromatic carbocycles. The van der Waals surface area contributed by atoms with Gasteiger partial charge in [-0.05, 0) is 6.42 Å². The van der Waals surface area contributed by atoms with Crippen molar-refractivity contribution in [1.82, 2.24) is 0 Å². The predicted octanol–water partition coefficient (Wildman–Crippen LogP) is 0.188. The summed E-state index contributed by atoms with van der Waals surface area (Å²) in [6, 6.07) is 0. The average Bonchev–Trinajstić information content (AvgIpc) is 1.62. The molecule has 4 nitrogen and oxygen atoms in total. The number of hydrogen-bond acceptors (Lipinski definition) is 3. The van der Waals surface area contributed by atoms with Gasteiger partial charge in [0.15, 0.2) is 6.29 Å². The lowest BCUT2D eigenvalue weighted by Gasteiger charge is -1.94. The summed E-state index contributed by atoms with van der Waals surface area (Å²) in [6.07, 6.45) is 0.215. The molecule has 62 valence electrons. The van der Waals surface area contributed by atoms with Crippen LogP contribution in [0.4, 0.5) is 0 Å². The first-order chi connectivity index (χ1) is 4.50. The predicted molar refractivity (Wildman–Crippen MR) is 36.4 cm³/mol. The molecule has 0 unspecified atom stereocenters. The van der Waals surface area contributed by atoms with E-state index in [1.165, 1.54) is 0 Å². The van der Waals surface area contributed by atoms with Gasteiger partial charge in [-0.15, -0.1) is 0 Å². The van der Waals surface area contributed by atoms with Crippen molar-refractivity contribution < 1.29 is 20.1 Å². The summed E-state index contributed by atoms with van der Waals surface area (Å²) in [4.78, 5) is 9.00. The molecule has 3 N–H and O–H groups in total. The first-order valence-corrected chi connectivity index (χ1v) is 3.06. The highest BCUT2D eigenvalue weighted by atomic mass is 16.5. The molecule has 4 heteroatoms. The normalized spacial score (nSPS) is 8.50. The molecule has 0 saturated heterocycles. The fourth-order valence-electron chi connectivity index (χ4n) is 0.258. The highest BCUT2D eigenvalue weighted by Gasteiger charge is 1.89. The molecule has 0 fully saturated rings. The van der Waals surface area contributed by atoms with Gasteiger partial charge < -0.3 is 15.3 Å². The fourth-order valence-corrected chi connectivity index (χ4v) is 0.258. The van der Waals surface area contributed by atoms with Crippen LogP contribution in [0.3, 0.4) is 0 Å². The second kappa shape index (κ2) is 8.39. The van der Waals surface area contributed by atoms with Crippen LogP contribution in [0.25, 0.3) is 0 Å². The minimum absolute atomic E-state index is 0.486. The Hall–Kier alpha value is -0.610. The second-order valence-electron chi connectivity index (χ2n) is 1.79. The Labute approximate surface area is 60.1 Å². The molecule has 0 spiro atoms. The Balaban J connectivity index is 0. The Kier molecular flexibility index (Phi) is 10.2. The third-order valence-corrected chi connectivity index (χ3v) is 0.547.